The zero-order valence-electron chi connectivity index (χ0n) is 15.0. The van der Waals surface area contributed by atoms with Gasteiger partial charge in [0.2, 0.25) is 5.89 Å². The summed E-state index contributed by atoms with van der Waals surface area (Å²) in [5.74, 6) is 1.40. The van der Waals surface area contributed by atoms with Gasteiger partial charge in [-0.05, 0) is 48.9 Å². The normalized spacial score (nSPS) is 11.9. The number of alkyl halides is 3. The van der Waals surface area contributed by atoms with Gasteiger partial charge in [-0.3, -0.25) is 0 Å². The summed E-state index contributed by atoms with van der Waals surface area (Å²) >= 11 is 0. The molecule has 0 amide bonds. The van der Waals surface area contributed by atoms with Gasteiger partial charge in [-0.25, -0.2) is 4.98 Å². The van der Waals surface area contributed by atoms with Crippen molar-refractivity contribution in [2.75, 3.05) is 6.61 Å². The van der Waals surface area contributed by atoms with E-state index in [1.165, 1.54) is 12.1 Å². The molecule has 0 aliphatic heterocycles. The molecule has 0 radical (unpaired) electrons. The predicted octanol–water partition coefficient (Wildman–Crippen LogP) is 5.25. The molecule has 0 bridgehead atoms. The van der Waals surface area contributed by atoms with Crippen LogP contribution in [0.2, 0.25) is 0 Å². The number of hydrogen-bond donors (Lipinski definition) is 1. The molecule has 0 aliphatic rings. The molecule has 7 heteroatoms. The molecule has 146 valence electrons. The summed E-state index contributed by atoms with van der Waals surface area (Å²) < 4.78 is 49.3. The molecule has 3 rings (SSSR count). The molecule has 0 aliphatic carbocycles. The van der Waals surface area contributed by atoms with E-state index in [1.54, 1.807) is 25.1 Å². The number of hydrogen-bond acceptors (Lipinski definition) is 4. The number of nitrogens with zero attached hydrogens (tertiary/aromatic N) is 1. The van der Waals surface area contributed by atoms with E-state index in [1.807, 2.05) is 18.2 Å². The maximum atomic E-state index is 12.7. The fourth-order valence-electron chi connectivity index (χ4n) is 2.54. The van der Waals surface area contributed by atoms with Crippen molar-refractivity contribution in [3.05, 3.63) is 77.2 Å². The van der Waals surface area contributed by atoms with Gasteiger partial charge in [0, 0.05) is 5.56 Å². The van der Waals surface area contributed by atoms with E-state index in [2.05, 4.69) is 4.98 Å². The lowest BCUT2D eigenvalue weighted by Gasteiger charge is -2.06. The number of halogens is 3. The summed E-state index contributed by atoms with van der Waals surface area (Å²) in [5, 5.41) is 8.84. The molecule has 28 heavy (non-hydrogen) atoms. The molecule has 1 N–H and O–H groups in total. The topological polar surface area (TPSA) is 55.5 Å². The molecule has 0 saturated carbocycles. The Balaban J connectivity index is 1.72. The number of aliphatic hydroxyl groups excluding tert-OH is 1. The second-order valence-corrected chi connectivity index (χ2v) is 6.04. The molecule has 3 aromatic rings. The highest BCUT2D eigenvalue weighted by Gasteiger charge is 2.30. The van der Waals surface area contributed by atoms with Crippen molar-refractivity contribution in [1.82, 2.24) is 4.98 Å². The van der Waals surface area contributed by atoms with Gasteiger partial charge in [-0.1, -0.05) is 24.3 Å². The van der Waals surface area contributed by atoms with Gasteiger partial charge in [0.1, 0.15) is 23.8 Å². The third-order valence-electron chi connectivity index (χ3n) is 4.00. The number of aromatic nitrogens is 1. The molecular weight excluding hydrogens is 371 g/mol. The first-order valence-corrected chi connectivity index (χ1v) is 8.51. The SMILES string of the molecule is Cc1oc(-c2ccc(C(F)(F)F)cc2)nc1COc1cccc(/C=C/CO)c1. The molecule has 0 spiro atoms. The minimum absolute atomic E-state index is 0.0457. The quantitative estimate of drug-likeness (QED) is 0.625. The zero-order valence-corrected chi connectivity index (χ0v) is 15.0. The van der Waals surface area contributed by atoms with E-state index in [4.69, 9.17) is 14.3 Å². The number of benzene rings is 2. The van der Waals surface area contributed by atoms with Crippen LogP contribution < -0.4 is 4.74 Å². The highest BCUT2D eigenvalue weighted by Crippen LogP contribution is 2.31. The number of ether oxygens (including phenoxy) is 1. The molecule has 2 aromatic carbocycles. The highest BCUT2D eigenvalue weighted by molar-refractivity contribution is 5.54. The Morgan fingerprint density at radius 2 is 1.89 bits per heavy atom. The van der Waals surface area contributed by atoms with Crippen molar-refractivity contribution < 1.29 is 27.4 Å². The lowest BCUT2D eigenvalue weighted by Crippen LogP contribution is -2.04. The largest absolute Gasteiger partial charge is 0.487 e. The second-order valence-electron chi connectivity index (χ2n) is 6.04. The van der Waals surface area contributed by atoms with Crippen LogP contribution in [0.4, 0.5) is 13.2 Å². The van der Waals surface area contributed by atoms with Gasteiger partial charge in [-0.2, -0.15) is 13.2 Å². The van der Waals surface area contributed by atoms with Gasteiger partial charge in [-0.15, -0.1) is 0 Å². The van der Waals surface area contributed by atoms with Gasteiger partial charge in [0.25, 0.3) is 0 Å². The zero-order chi connectivity index (χ0) is 20.1. The number of aliphatic hydroxyl groups is 1. The Morgan fingerprint density at radius 1 is 1.14 bits per heavy atom. The average Bonchev–Trinajstić information content (AvgIpc) is 3.05. The third-order valence-corrected chi connectivity index (χ3v) is 4.00. The van der Waals surface area contributed by atoms with Crippen LogP contribution in [0, 0.1) is 6.92 Å². The molecule has 1 aromatic heterocycles. The van der Waals surface area contributed by atoms with Crippen LogP contribution in [-0.4, -0.2) is 16.7 Å². The van der Waals surface area contributed by atoms with Crippen LogP contribution in [-0.2, 0) is 12.8 Å². The van der Waals surface area contributed by atoms with E-state index in [-0.39, 0.29) is 19.1 Å². The van der Waals surface area contributed by atoms with Gasteiger partial charge < -0.3 is 14.3 Å². The molecule has 4 nitrogen and oxygen atoms in total. The fraction of sp³-hybridized carbons (Fsp3) is 0.190. The minimum atomic E-state index is -4.38. The van der Waals surface area contributed by atoms with Crippen molar-refractivity contribution in [3.8, 4) is 17.2 Å². The summed E-state index contributed by atoms with van der Waals surface area (Å²) in [6.45, 7) is 1.83. The maximum Gasteiger partial charge on any atom is 0.416 e. The van der Waals surface area contributed by atoms with E-state index in [9.17, 15) is 13.2 Å². The lowest BCUT2D eigenvalue weighted by molar-refractivity contribution is -0.137. The highest BCUT2D eigenvalue weighted by atomic mass is 19.4. The van der Waals surface area contributed by atoms with E-state index >= 15 is 0 Å². The van der Waals surface area contributed by atoms with E-state index in [0.29, 0.717) is 22.8 Å². The van der Waals surface area contributed by atoms with Crippen molar-refractivity contribution in [2.45, 2.75) is 19.7 Å². The minimum Gasteiger partial charge on any atom is -0.487 e. The summed E-state index contributed by atoms with van der Waals surface area (Å²) in [6.07, 6.45) is -0.987. The van der Waals surface area contributed by atoms with E-state index < -0.39 is 11.7 Å². The summed E-state index contributed by atoms with van der Waals surface area (Å²) in [4.78, 5) is 4.34. The standard InChI is InChI=1S/C21H18F3NO3/c1-14-19(13-27-18-6-2-4-15(12-18)5-3-11-26)25-20(28-14)16-7-9-17(10-8-16)21(22,23)24/h2-10,12,26H,11,13H2,1H3/b5-3+. The summed E-state index contributed by atoms with van der Waals surface area (Å²) in [5.41, 5.74) is 1.18. The van der Waals surface area contributed by atoms with Crippen LogP contribution in [0.5, 0.6) is 5.75 Å². The van der Waals surface area contributed by atoms with Gasteiger partial charge >= 0.3 is 6.18 Å². The summed E-state index contributed by atoms with van der Waals surface area (Å²) in [6, 6.07) is 12.0. The van der Waals surface area contributed by atoms with Gasteiger partial charge in [0.05, 0.1) is 12.2 Å². The molecular formula is C21H18F3NO3. The molecule has 0 unspecified atom stereocenters. The number of oxazole rings is 1. The second kappa shape index (κ2) is 8.31. The summed E-state index contributed by atoms with van der Waals surface area (Å²) in [7, 11) is 0. The number of aryl methyl sites for hydroxylation is 1. The van der Waals surface area contributed by atoms with Crippen LogP contribution in [0.25, 0.3) is 17.5 Å². The van der Waals surface area contributed by atoms with Crippen LogP contribution in [0.1, 0.15) is 22.6 Å². The van der Waals surface area contributed by atoms with Crippen LogP contribution in [0.3, 0.4) is 0 Å². The van der Waals surface area contributed by atoms with E-state index in [0.717, 1.165) is 17.7 Å². The van der Waals surface area contributed by atoms with Crippen molar-refractivity contribution in [3.63, 3.8) is 0 Å². The average molecular weight is 389 g/mol. The third kappa shape index (κ3) is 4.80. The Bertz CT molecular complexity index is 960. The Kier molecular flexibility index (Phi) is 5.84. The Hall–Kier alpha value is -3.06. The van der Waals surface area contributed by atoms with Crippen molar-refractivity contribution in [1.29, 1.82) is 0 Å². The van der Waals surface area contributed by atoms with Crippen LogP contribution >= 0.6 is 0 Å². The molecule has 0 fully saturated rings. The molecule has 1 heterocycles. The Labute approximate surface area is 159 Å². The maximum absolute atomic E-state index is 12.7. The molecule has 0 saturated heterocycles. The predicted molar refractivity (Wildman–Crippen MR) is 98.6 cm³/mol. The molecule has 0 atom stereocenters. The first kappa shape index (κ1) is 19.7. The first-order valence-electron chi connectivity index (χ1n) is 8.51. The fourth-order valence-corrected chi connectivity index (χ4v) is 2.54. The van der Waals surface area contributed by atoms with Gasteiger partial charge in [0.15, 0.2) is 0 Å². The lowest BCUT2D eigenvalue weighted by atomic mass is 10.1. The van der Waals surface area contributed by atoms with Crippen molar-refractivity contribution >= 4 is 6.08 Å². The van der Waals surface area contributed by atoms with Crippen LogP contribution in [0.15, 0.2) is 59.0 Å². The first-order chi connectivity index (χ1) is 13.4. The Morgan fingerprint density at radius 3 is 2.57 bits per heavy atom. The van der Waals surface area contributed by atoms with Crippen molar-refractivity contribution in [2.24, 2.45) is 0 Å². The monoisotopic (exact) mass is 389 g/mol. The smallest absolute Gasteiger partial charge is 0.416 e. The number of rotatable bonds is 6.